The molecule has 0 unspecified atom stereocenters. The molecule has 0 atom stereocenters. The molecular formula is C13H11BrN2O2S. The molecule has 0 spiro atoms. The maximum absolute atomic E-state index is 11.8. The first-order valence-corrected chi connectivity index (χ1v) is 7.08. The average molecular weight is 339 g/mol. The van der Waals surface area contributed by atoms with Crippen molar-refractivity contribution in [2.24, 2.45) is 5.10 Å². The van der Waals surface area contributed by atoms with Gasteiger partial charge in [-0.15, -0.1) is 11.3 Å². The summed E-state index contributed by atoms with van der Waals surface area (Å²) in [5, 5.41) is 5.86. The van der Waals surface area contributed by atoms with Crippen molar-refractivity contribution in [3.05, 3.63) is 50.6 Å². The van der Waals surface area contributed by atoms with Crippen LogP contribution >= 0.6 is 27.3 Å². The number of carbonyl (C=O) groups is 1. The van der Waals surface area contributed by atoms with Crippen LogP contribution in [0.25, 0.3) is 0 Å². The van der Waals surface area contributed by atoms with Crippen molar-refractivity contribution in [1.29, 1.82) is 0 Å². The molecule has 0 radical (unpaired) electrons. The Hall–Kier alpha value is -1.66. The van der Waals surface area contributed by atoms with E-state index in [1.165, 1.54) is 11.3 Å². The fourth-order valence-corrected chi connectivity index (χ4v) is 2.66. The van der Waals surface area contributed by atoms with Crippen LogP contribution in [0.2, 0.25) is 0 Å². The number of methoxy groups -OCH3 is 1. The number of hydrogen-bond acceptors (Lipinski definition) is 4. The molecule has 0 fully saturated rings. The molecule has 1 aromatic carbocycles. The molecule has 2 rings (SSSR count). The number of amides is 1. The second-order valence-electron chi connectivity index (χ2n) is 3.59. The summed E-state index contributed by atoms with van der Waals surface area (Å²) in [4.78, 5) is 12.7. The van der Waals surface area contributed by atoms with Gasteiger partial charge in [0, 0.05) is 20.3 Å². The van der Waals surface area contributed by atoms with Crippen LogP contribution in [0.4, 0.5) is 0 Å². The molecule has 0 aliphatic carbocycles. The van der Waals surface area contributed by atoms with E-state index >= 15 is 0 Å². The van der Waals surface area contributed by atoms with Gasteiger partial charge in [0.15, 0.2) is 0 Å². The number of nitrogens with one attached hydrogen (secondary N) is 1. The van der Waals surface area contributed by atoms with E-state index in [9.17, 15) is 4.79 Å². The molecule has 1 aromatic heterocycles. The van der Waals surface area contributed by atoms with Gasteiger partial charge in [-0.1, -0.05) is 0 Å². The molecule has 0 saturated carbocycles. The molecule has 0 aliphatic heterocycles. The number of nitrogens with zero attached hydrogens (tertiary/aromatic N) is 1. The van der Waals surface area contributed by atoms with Crippen LogP contribution in [0, 0.1) is 0 Å². The van der Waals surface area contributed by atoms with Gasteiger partial charge in [-0.05, 0) is 46.3 Å². The van der Waals surface area contributed by atoms with E-state index in [4.69, 9.17) is 4.74 Å². The van der Waals surface area contributed by atoms with Gasteiger partial charge in [0.05, 0.1) is 13.3 Å². The smallest absolute Gasteiger partial charge is 0.271 e. The quantitative estimate of drug-likeness (QED) is 0.687. The third kappa shape index (κ3) is 3.90. The first kappa shape index (κ1) is 13.8. The van der Waals surface area contributed by atoms with Crippen LogP contribution in [0.1, 0.15) is 15.2 Å². The summed E-state index contributed by atoms with van der Waals surface area (Å²) >= 11 is 4.89. The van der Waals surface area contributed by atoms with E-state index in [1.807, 2.05) is 11.4 Å². The van der Waals surface area contributed by atoms with Crippen LogP contribution in [0.15, 0.2) is 45.3 Å². The molecule has 0 bridgehead atoms. The second-order valence-corrected chi connectivity index (χ2v) is 5.45. The first-order valence-electron chi connectivity index (χ1n) is 5.40. The van der Waals surface area contributed by atoms with Crippen LogP contribution in [0.3, 0.4) is 0 Å². The molecule has 4 nitrogen and oxygen atoms in total. The highest BCUT2D eigenvalue weighted by Crippen LogP contribution is 2.17. The minimum Gasteiger partial charge on any atom is -0.497 e. The Kier molecular flexibility index (Phi) is 4.70. The fraction of sp³-hybridized carbons (Fsp3) is 0.0769. The van der Waals surface area contributed by atoms with E-state index in [0.29, 0.717) is 11.3 Å². The fourth-order valence-electron chi connectivity index (χ4n) is 1.36. The number of hydrogen-bond donors (Lipinski definition) is 1. The SMILES string of the molecule is COc1ccc(C(=O)N/N=C/c2cc(Br)cs2)cc1. The summed E-state index contributed by atoms with van der Waals surface area (Å²) in [5.74, 6) is 0.456. The minimum atomic E-state index is -0.255. The summed E-state index contributed by atoms with van der Waals surface area (Å²) in [6.45, 7) is 0. The van der Waals surface area contributed by atoms with Crippen molar-refractivity contribution in [1.82, 2.24) is 5.43 Å². The lowest BCUT2D eigenvalue weighted by molar-refractivity contribution is 0.0955. The third-order valence-corrected chi connectivity index (χ3v) is 3.93. The molecule has 6 heteroatoms. The first-order chi connectivity index (χ1) is 9.19. The third-order valence-electron chi connectivity index (χ3n) is 2.30. The number of benzene rings is 1. The second kappa shape index (κ2) is 6.49. The Morgan fingerprint density at radius 2 is 2.16 bits per heavy atom. The predicted molar refractivity (Wildman–Crippen MR) is 80.1 cm³/mol. The Bertz CT molecular complexity index is 593. The molecule has 1 amide bonds. The number of ether oxygens (including phenoxy) is 1. The Labute approximate surface area is 123 Å². The van der Waals surface area contributed by atoms with Gasteiger partial charge in [-0.2, -0.15) is 5.10 Å². The molecule has 1 N–H and O–H groups in total. The molecular weight excluding hydrogens is 328 g/mol. The van der Waals surface area contributed by atoms with Gasteiger partial charge in [0.1, 0.15) is 5.75 Å². The normalized spacial score (nSPS) is 10.6. The number of rotatable bonds is 4. The molecule has 1 heterocycles. The lowest BCUT2D eigenvalue weighted by Crippen LogP contribution is -2.17. The van der Waals surface area contributed by atoms with E-state index in [0.717, 1.165) is 9.35 Å². The monoisotopic (exact) mass is 338 g/mol. The lowest BCUT2D eigenvalue weighted by Gasteiger charge is -2.01. The van der Waals surface area contributed by atoms with Crippen LogP contribution < -0.4 is 10.2 Å². The number of hydrazone groups is 1. The van der Waals surface area contributed by atoms with E-state index in [2.05, 4.69) is 26.5 Å². The van der Waals surface area contributed by atoms with Crippen molar-refractivity contribution in [3.8, 4) is 5.75 Å². The maximum Gasteiger partial charge on any atom is 0.271 e. The van der Waals surface area contributed by atoms with Crippen LogP contribution in [0.5, 0.6) is 5.75 Å². The van der Waals surface area contributed by atoms with Crippen molar-refractivity contribution in [3.63, 3.8) is 0 Å². The van der Waals surface area contributed by atoms with E-state index < -0.39 is 0 Å². The zero-order valence-corrected chi connectivity index (χ0v) is 12.5. The standard InChI is InChI=1S/C13H11BrN2O2S/c1-18-11-4-2-9(3-5-11)13(17)16-15-7-12-6-10(14)8-19-12/h2-8H,1H3,(H,16,17)/b15-7+. The average Bonchev–Trinajstić information content (AvgIpc) is 2.84. The van der Waals surface area contributed by atoms with Gasteiger partial charge in [-0.25, -0.2) is 5.43 Å². The summed E-state index contributed by atoms with van der Waals surface area (Å²) in [7, 11) is 1.58. The molecule has 0 aliphatic rings. The van der Waals surface area contributed by atoms with Gasteiger partial charge in [0.25, 0.3) is 5.91 Å². The van der Waals surface area contributed by atoms with Crippen molar-refractivity contribution < 1.29 is 9.53 Å². The summed E-state index contributed by atoms with van der Waals surface area (Å²) in [6, 6.07) is 8.76. The Balaban J connectivity index is 1.95. The molecule has 2 aromatic rings. The highest BCUT2D eigenvalue weighted by molar-refractivity contribution is 9.10. The molecule has 0 saturated heterocycles. The molecule has 19 heavy (non-hydrogen) atoms. The summed E-state index contributed by atoms with van der Waals surface area (Å²) in [6.07, 6.45) is 1.61. The van der Waals surface area contributed by atoms with E-state index in [-0.39, 0.29) is 5.91 Å². The zero-order chi connectivity index (χ0) is 13.7. The summed E-state index contributed by atoms with van der Waals surface area (Å²) < 4.78 is 6.03. The highest BCUT2D eigenvalue weighted by atomic mass is 79.9. The number of thiophene rings is 1. The van der Waals surface area contributed by atoms with Gasteiger partial charge < -0.3 is 4.74 Å². The van der Waals surface area contributed by atoms with E-state index in [1.54, 1.807) is 37.6 Å². The Morgan fingerprint density at radius 1 is 1.42 bits per heavy atom. The van der Waals surface area contributed by atoms with Crippen LogP contribution in [-0.2, 0) is 0 Å². The van der Waals surface area contributed by atoms with Crippen molar-refractivity contribution in [2.75, 3.05) is 7.11 Å². The van der Waals surface area contributed by atoms with Gasteiger partial charge >= 0.3 is 0 Å². The Morgan fingerprint density at radius 3 is 2.74 bits per heavy atom. The predicted octanol–water partition coefficient (Wildman–Crippen LogP) is 3.28. The largest absolute Gasteiger partial charge is 0.497 e. The number of halogens is 1. The maximum atomic E-state index is 11.8. The van der Waals surface area contributed by atoms with Gasteiger partial charge in [-0.3, -0.25) is 4.79 Å². The van der Waals surface area contributed by atoms with Crippen molar-refractivity contribution >= 4 is 39.4 Å². The summed E-state index contributed by atoms with van der Waals surface area (Å²) in [5.41, 5.74) is 3.01. The minimum absolute atomic E-state index is 0.255. The van der Waals surface area contributed by atoms with Gasteiger partial charge in [0.2, 0.25) is 0 Å². The topological polar surface area (TPSA) is 50.7 Å². The van der Waals surface area contributed by atoms with Crippen LogP contribution in [-0.4, -0.2) is 19.2 Å². The molecule has 98 valence electrons. The zero-order valence-electron chi connectivity index (χ0n) is 10.1. The number of carbonyl (C=O) groups excluding carboxylic acids is 1. The van der Waals surface area contributed by atoms with Crippen molar-refractivity contribution in [2.45, 2.75) is 0 Å². The lowest BCUT2D eigenvalue weighted by atomic mass is 10.2. The highest BCUT2D eigenvalue weighted by Gasteiger charge is 2.03.